The first-order chi connectivity index (χ1) is 14.0. The third-order valence-electron chi connectivity index (χ3n) is 4.32. The highest BCUT2D eigenvalue weighted by atomic mass is 19.1. The van der Waals surface area contributed by atoms with Crippen LogP contribution in [-0.2, 0) is 13.0 Å². The highest BCUT2D eigenvalue weighted by Gasteiger charge is 2.11. The zero-order chi connectivity index (χ0) is 20.6. The van der Waals surface area contributed by atoms with Crippen molar-refractivity contribution < 1.29 is 13.9 Å². The summed E-state index contributed by atoms with van der Waals surface area (Å²) in [5.74, 6) is 0.479. The molecule has 1 amide bonds. The van der Waals surface area contributed by atoms with Gasteiger partial charge in [-0.3, -0.25) is 4.79 Å². The second-order valence-corrected chi connectivity index (χ2v) is 6.52. The number of nitrogens with one attached hydrogen (secondary N) is 2. The number of aryl methyl sites for hydroxylation is 1. The average molecular weight is 394 g/mol. The number of anilines is 1. The van der Waals surface area contributed by atoms with E-state index in [1.54, 1.807) is 38.3 Å². The Kier molecular flexibility index (Phi) is 6.73. The second kappa shape index (κ2) is 9.64. The van der Waals surface area contributed by atoms with E-state index in [0.29, 0.717) is 24.2 Å². The maximum Gasteiger partial charge on any atom is 0.270 e. The molecule has 0 aliphatic rings. The monoisotopic (exact) mass is 394 g/mol. The van der Waals surface area contributed by atoms with Crippen molar-refractivity contribution in [2.24, 2.45) is 0 Å². The molecule has 0 saturated heterocycles. The summed E-state index contributed by atoms with van der Waals surface area (Å²) in [4.78, 5) is 21.0. The molecule has 6 nitrogen and oxygen atoms in total. The summed E-state index contributed by atoms with van der Waals surface area (Å²) in [6.07, 6.45) is 0.672. The highest BCUT2D eigenvalue weighted by molar-refractivity contribution is 5.92. The standard InChI is InChI=1S/C22H23FN4O2/c1-15-12-20(21(28)24-11-10-16-6-5-8-18(13-16)29-2)27-22(26-15)25-14-17-7-3-4-9-19(17)23/h3-9,12-13H,10-11,14H2,1-2H3,(H,24,28)(H,25,26,27). The van der Waals surface area contributed by atoms with Crippen LogP contribution in [0, 0.1) is 12.7 Å². The number of aromatic nitrogens is 2. The van der Waals surface area contributed by atoms with E-state index in [4.69, 9.17) is 4.74 Å². The molecule has 0 aliphatic carbocycles. The molecule has 0 saturated carbocycles. The Balaban J connectivity index is 1.59. The summed E-state index contributed by atoms with van der Waals surface area (Å²) in [5, 5.41) is 5.84. The van der Waals surface area contributed by atoms with Gasteiger partial charge in [0, 0.05) is 24.3 Å². The Hall–Kier alpha value is -3.48. The van der Waals surface area contributed by atoms with E-state index < -0.39 is 0 Å². The number of ether oxygens (including phenoxy) is 1. The molecule has 0 spiro atoms. The van der Waals surface area contributed by atoms with E-state index in [0.717, 1.165) is 11.3 Å². The SMILES string of the molecule is COc1cccc(CCNC(=O)c2cc(C)nc(NCc3ccccc3F)n2)c1. The number of amides is 1. The first kappa shape index (κ1) is 20.3. The molecular formula is C22H23FN4O2. The van der Waals surface area contributed by atoms with Crippen molar-refractivity contribution in [3.8, 4) is 5.75 Å². The predicted octanol–water partition coefficient (Wildman–Crippen LogP) is 3.52. The summed E-state index contributed by atoms with van der Waals surface area (Å²) < 4.78 is 19.0. The van der Waals surface area contributed by atoms with Crippen LogP contribution in [0.25, 0.3) is 0 Å². The van der Waals surface area contributed by atoms with Gasteiger partial charge < -0.3 is 15.4 Å². The minimum absolute atomic E-state index is 0.229. The fourth-order valence-corrected chi connectivity index (χ4v) is 2.82. The third-order valence-corrected chi connectivity index (χ3v) is 4.32. The van der Waals surface area contributed by atoms with Crippen LogP contribution in [-0.4, -0.2) is 29.5 Å². The topological polar surface area (TPSA) is 76.1 Å². The average Bonchev–Trinajstić information content (AvgIpc) is 2.73. The number of rotatable bonds is 8. The minimum Gasteiger partial charge on any atom is -0.497 e. The lowest BCUT2D eigenvalue weighted by atomic mass is 10.1. The third kappa shape index (κ3) is 5.75. The van der Waals surface area contributed by atoms with Gasteiger partial charge in [0.1, 0.15) is 17.3 Å². The maximum absolute atomic E-state index is 13.8. The summed E-state index contributed by atoms with van der Waals surface area (Å²) in [6, 6.07) is 15.8. The number of halogens is 1. The van der Waals surface area contributed by atoms with Crippen LogP contribution in [0.15, 0.2) is 54.6 Å². The normalized spacial score (nSPS) is 10.4. The van der Waals surface area contributed by atoms with Gasteiger partial charge >= 0.3 is 0 Å². The molecule has 3 rings (SSSR count). The molecule has 29 heavy (non-hydrogen) atoms. The molecular weight excluding hydrogens is 371 g/mol. The van der Waals surface area contributed by atoms with Gasteiger partial charge in [-0.25, -0.2) is 14.4 Å². The van der Waals surface area contributed by atoms with E-state index in [1.807, 2.05) is 24.3 Å². The fraction of sp³-hybridized carbons (Fsp3) is 0.227. The maximum atomic E-state index is 13.8. The summed E-state index contributed by atoms with van der Waals surface area (Å²) in [6.45, 7) is 2.48. The number of methoxy groups -OCH3 is 1. The quantitative estimate of drug-likeness (QED) is 0.611. The number of carbonyl (C=O) groups is 1. The molecule has 3 aromatic rings. The summed E-state index contributed by atoms with van der Waals surface area (Å²) in [7, 11) is 1.62. The Morgan fingerprint density at radius 2 is 1.93 bits per heavy atom. The Morgan fingerprint density at radius 3 is 2.72 bits per heavy atom. The fourth-order valence-electron chi connectivity index (χ4n) is 2.82. The summed E-state index contributed by atoms with van der Waals surface area (Å²) in [5.41, 5.74) is 2.48. The lowest BCUT2D eigenvalue weighted by molar-refractivity contribution is 0.0949. The lowest BCUT2D eigenvalue weighted by Crippen LogP contribution is -2.27. The smallest absolute Gasteiger partial charge is 0.270 e. The van der Waals surface area contributed by atoms with Crippen LogP contribution >= 0.6 is 0 Å². The molecule has 1 aromatic heterocycles. The van der Waals surface area contributed by atoms with E-state index in [-0.39, 0.29) is 29.9 Å². The largest absolute Gasteiger partial charge is 0.497 e. The molecule has 0 radical (unpaired) electrons. The van der Waals surface area contributed by atoms with Crippen molar-refractivity contribution in [3.05, 3.63) is 82.9 Å². The van der Waals surface area contributed by atoms with Gasteiger partial charge in [0.25, 0.3) is 5.91 Å². The van der Waals surface area contributed by atoms with E-state index in [2.05, 4.69) is 20.6 Å². The van der Waals surface area contributed by atoms with Gasteiger partial charge in [0.05, 0.1) is 7.11 Å². The Morgan fingerprint density at radius 1 is 1.10 bits per heavy atom. The van der Waals surface area contributed by atoms with Crippen molar-refractivity contribution in [3.63, 3.8) is 0 Å². The number of hydrogen-bond donors (Lipinski definition) is 2. The molecule has 0 unspecified atom stereocenters. The lowest BCUT2D eigenvalue weighted by Gasteiger charge is -2.10. The number of nitrogens with zero attached hydrogens (tertiary/aromatic N) is 2. The summed E-state index contributed by atoms with van der Waals surface area (Å²) >= 11 is 0. The molecule has 150 valence electrons. The van der Waals surface area contributed by atoms with Gasteiger partial charge in [0.15, 0.2) is 0 Å². The van der Waals surface area contributed by atoms with Crippen LogP contribution in [0.1, 0.15) is 27.3 Å². The molecule has 2 aromatic carbocycles. The first-order valence-electron chi connectivity index (χ1n) is 9.29. The highest BCUT2D eigenvalue weighted by Crippen LogP contribution is 2.13. The van der Waals surface area contributed by atoms with Crippen LogP contribution in [0.4, 0.5) is 10.3 Å². The zero-order valence-electron chi connectivity index (χ0n) is 16.4. The molecule has 2 N–H and O–H groups in total. The van der Waals surface area contributed by atoms with Gasteiger partial charge in [-0.2, -0.15) is 0 Å². The van der Waals surface area contributed by atoms with Crippen LogP contribution in [0.3, 0.4) is 0 Å². The van der Waals surface area contributed by atoms with Gasteiger partial charge in [-0.1, -0.05) is 30.3 Å². The van der Waals surface area contributed by atoms with Crippen molar-refractivity contribution in [1.82, 2.24) is 15.3 Å². The van der Waals surface area contributed by atoms with Crippen LogP contribution < -0.4 is 15.4 Å². The molecule has 0 atom stereocenters. The molecule has 0 bridgehead atoms. The zero-order valence-corrected chi connectivity index (χ0v) is 16.4. The Bertz CT molecular complexity index is 994. The van der Waals surface area contributed by atoms with Crippen molar-refractivity contribution in [2.75, 3.05) is 19.0 Å². The number of carbonyl (C=O) groups excluding carboxylic acids is 1. The number of benzene rings is 2. The molecule has 0 aliphatic heterocycles. The minimum atomic E-state index is -0.303. The van der Waals surface area contributed by atoms with Crippen LogP contribution in [0.2, 0.25) is 0 Å². The molecule has 7 heteroatoms. The first-order valence-corrected chi connectivity index (χ1v) is 9.29. The second-order valence-electron chi connectivity index (χ2n) is 6.52. The molecule has 0 fully saturated rings. The van der Waals surface area contributed by atoms with E-state index in [9.17, 15) is 9.18 Å². The number of hydrogen-bond acceptors (Lipinski definition) is 5. The van der Waals surface area contributed by atoms with Crippen molar-refractivity contribution in [2.45, 2.75) is 19.9 Å². The van der Waals surface area contributed by atoms with Crippen molar-refractivity contribution >= 4 is 11.9 Å². The van der Waals surface area contributed by atoms with Gasteiger partial charge in [0.2, 0.25) is 5.95 Å². The van der Waals surface area contributed by atoms with E-state index in [1.165, 1.54) is 6.07 Å². The van der Waals surface area contributed by atoms with Crippen molar-refractivity contribution in [1.29, 1.82) is 0 Å². The predicted molar refractivity (Wildman–Crippen MR) is 110 cm³/mol. The molecule has 1 heterocycles. The van der Waals surface area contributed by atoms with E-state index >= 15 is 0 Å². The van der Waals surface area contributed by atoms with Gasteiger partial charge in [-0.05, 0) is 43.2 Å². The van der Waals surface area contributed by atoms with Gasteiger partial charge in [-0.15, -0.1) is 0 Å². The van der Waals surface area contributed by atoms with Crippen LogP contribution in [0.5, 0.6) is 5.75 Å². The Labute approximate surface area is 169 Å².